The van der Waals surface area contributed by atoms with Crippen LogP contribution < -0.4 is 0 Å². The first kappa shape index (κ1) is 20.6. The van der Waals surface area contributed by atoms with Crippen molar-refractivity contribution in [3.8, 4) is 0 Å². The first-order chi connectivity index (χ1) is 8.61. The third-order valence-electron chi connectivity index (χ3n) is 2.64. The Bertz CT molecular complexity index is 378. The standard InChI is InChI=1S/C9H12.C7H10N2.2CH4/c1-8(2)9-6-4-3-5-7-9;1-6(2)7-5-8-3-4-9-7;;/h3-8H,1-2H3;3-6H,1-2H3;2*1H4. The van der Waals surface area contributed by atoms with E-state index in [-0.39, 0.29) is 14.9 Å². The van der Waals surface area contributed by atoms with Gasteiger partial charge in [0.25, 0.3) is 0 Å². The second-order valence-electron chi connectivity index (χ2n) is 4.85. The lowest BCUT2D eigenvalue weighted by molar-refractivity contribution is 0.812. The van der Waals surface area contributed by atoms with Gasteiger partial charge in [-0.05, 0) is 17.4 Å². The Morgan fingerprint density at radius 1 is 0.800 bits per heavy atom. The van der Waals surface area contributed by atoms with Gasteiger partial charge in [-0.15, -0.1) is 0 Å². The molecule has 0 unspecified atom stereocenters. The van der Waals surface area contributed by atoms with Gasteiger partial charge in [0.1, 0.15) is 0 Å². The van der Waals surface area contributed by atoms with E-state index in [1.165, 1.54) is 5.56 Å². The van der Waals surface area contributed by atoms with E-state index in [1.807, 2.05) is 6.07 Å². The summed E-state index contributed by atoms with van der Waals surface area (Å²) in [6, 6.07) is 10.5. The molecule has 0 fully saturated rings. The average molecular weight is 274 g/mol. The molecule has 1 heterocycles. The molecule has 2 rings (SSSR count). The number of aromatic nitrogens is 2. The monoisotopic (exact) mass is 274 g/mol. The van der Waals surface area contributed by atoms with Crippen molar-refractivity contribution in [2.24, 2.45) is 0 Å². The molecule has 0 saturated carbocycles. The fraction of sp³-hybridized carbons (Fsp3) is 0.444. The molecular formula is C18H30N2. The summed E-state index contributed by atoms with van der Waals surface area (Å²) in [6.45, 7) is 8.61. The molecule has 0 atom stereocenters. The van der Waals surface area contributed by atoms with Crippen molar-refractivity contribution in [1.29, 1.82) is 0 Å². The van der Waals surface area contributed by atoms with Crippen LogP contribution in [0.4, 0.5) is 0 Å². The van der Waals surface area contributed by atoms with Crippen molar-refractivity contribution in [1.82, 2.24) is 9.97 Å². The zero-order valence-electron chi connectivity index (χ0n) is 11.7. The molecule has 0 bridgehead atoms. The summed E-state index contributed by atoms with van der Waals surface area (Å²) in [5.74, 6) is 1.14. The van der Waals surface area contributed by atoms with Crippen molar-refractivity contribution >= 4 is 0 Å². The van der Waals surface area contributed by atoms with Crippen LogP contribution in [0.5, 0.6) is 0 Å². The van der Waals surface area contributed by atoms with Gasteiger partial charge in [0.05, 0.1) is 5.69 Å². The van der Waals surface area contributed by atoms with Gasteiger partial charge in [0.2, 0.25) is 0 Å². The van der Waals surface area contributed by atoms with Crippen LogP contribution >= 0.6 is 0 Å². The van der Waals surface area contributed by atoms with E-state index in [9.17, 15) is 0 Å². The number of hydrogen-bond donors (Lipinski definition) is 0. The number of hydrogen-bond acceptors (Lipinski definition) is 2. The molecule has 2 nitrogen and oxygen atoms in total. The largest absolute Gasteiger partial charge is 0.261 e. The van der Waals surface area contributed by atoms with Crippen LogP contribution in [0.2, 0.25) is 0 Å². The molecule has 1 aromatic heterocycles. The van der Waals surface area contributed by atoms with E-state index < -0.39 is 0 Å². The van der Waals surface area contributed by atoms with Crippen LogP contribution in [0, 0.1) is 0 Å². The van der Waals surface area contributed by atoms with Crippen molar-refractivity contribution in [2.45, 2.75) is 54.4 Å². The maximum absolute atomic E-state index is 4.12. The molecule has 0 spiro atoms. The van der Waals surface area contributed by atoms with Gasteiger partial charge < -0.3 is 0 Å². The lowest BCUT2D eigenvalue weighted by atomic mass is 10.0. The molecule has 0 N–H and O–H groups in total. The molecular weight excluding hydrogens is 244 g/mol. The fourth-order valence-corrected chi connectivity index (χ4v) is 1.45. The topological polar surface area (TPSA) is 25.8 Å². The molecule has 0 aliphatic rings. The van der Waals surface area contributed by atoms with Crippen LogP contribution in [0.1, 0.15) is 65.6 Å². The predicted molar refractivity (Wildman–Crippen MR) is 90.1 cm³/mol. The van der Waals surface area contributed by atoms with E-state index >= 15 is 0 Å². The lowest BCUT2D eigenvalue weighted by Crippen LogP contribution is -1.91. The maximum atomic E-state index is 4.12. The summed E-state index contributed by atoms with van der Waals surface area (Å²) in [4.78, 5) is 8.06. The molecule has 0 aliphatic heterocycles. The fourth-order valence-electron chi connectivity index (χ4n) is 1.45. The van der Waals surface area contributed by atoms with Gasteiger partial charge in [0.15, 0.2) is 0 Å². The predicted octanol–water partition coefficient (Wildman–Crippen LogP) is 5.68. The Labute approximate surface area is 125 Å². The number of nitrogens with zero attached hydrogens (tertiary/aromatic N) is 2. The molecule has 20 heavy (non-hydrogen) atoms. The van der Waals surface area contributed by atoms with E-state index in [0.717, 1.165) is 5.69 Å². The van der Waals surface area contributed by atoms with Crippen molar-refractivity contribution in [3.05, 3.63) is 60.2 Å². The van der Waals surface area contributed by atoms with E-state index in [1.54, 1.807) is 18.6 Å². The third-order valence-corrected chi connectivity index (χ3v) is 2.64. The minimum absolute atomic E-state index is 0. The van der Waals surface area contributed by atoms with Crippen LogP contribution in [0.15, 0.2) is 48.9 Å². The second-order valence-corrected chi connectivity index (χ2v) is 4.85. The van der Waals surface area contributed by atoms with E-state index in [2.05, 4.69) is 61.9 Å². The van der Waals surface area contributed by atoms with Gasteiger partial charge in [0, 0.05) is 18.6 Å². The van der Waals surface area contributed by atoms with Crippen LogP contribution in [0.3, 0.4) is 0 Å². The summed E-state index contributed by atoms with van der Waals surface area (Å²) in [5, 5.41) is 0. The molecule has 0 amide bonds. The first-order valence-electron chi connectivity index (χ1n) is 6.42. The summed E-state index contributed by atoms with van der Waals surface area (Å²) in [7, 11) is 0. The minimum Gasteiger partial charge on any atom is -0.261 e. The molecule has 2 aromatic rings. The van der Waals surface area contributed by atoms with Gasteiger partial charge in [-0.25, -0.2) is 0 Å². The van der Waals surface area contributed by atoms with Crippen molar-refractivity contribution in [3.63, 3.8) is 0 Å². The summed E-state index contributed by atoms with van der Waals surface area (Å²) in [5.41, 5.74) is 2.47. The number of rotatable bonds is 2. The summed E-state index contributed by atoms with van der Waals surface area (Å²) in [6.07, 6.45) is 5.20. The average Bonchev–Trinajstić information content (AvgIpc) is 2.41. The van der Waals surface area contributed by atoms with Gasteiger partial charge in [-0.3, -0.25) is 9.97 Å². The molecule has 0 saturated heterocycles. The molecule has 0 radical (unpaired) electrons. The normalized spacial score (nSPS) is 9.10. The zero-order chi connectivity index (χ0) is 13.4. The van der Waals surface area contributed by atoms with Crippen LogP contribution in [0.25, 0.3) is 0 Å². The molecule has 2 heteroatoms. The van der Waals surface area contributed by atoms with E-state index in [4.69, 9.17) is 0 Å². The lowest BCUT2D eigenvalue weighted by Gasteiger charge is -2.01. The zero-order valence-corrected chi connectivity index (χ0v) is 11.7. The van der Waals surface area contributed by atoms with Crippen LogP contribution in [-0.2, 0) is 0 Å². The van der Waals surface area contributed by atoms with Gasteiger partial charge in [-0.2, -0.15) is 0 Å². The minimum atomic E-state index is 0. The molecule has 112 valence electrons. The highest BCUT2D eigenvalue weighted by Crippen LogP contribution is 2.11. The summed E-state index contributed by atoms with van der Waals surface area (Å²) < 4.78 is 0. The highest BCUT2D eigenvalue weighted by atomic mass is 14.8. The Morgan fingerprint density at radius 2 is 1.40 bits per heavy atom. The Morgan fingerprint density at radius 3 is 1.70 bits per heavy atom. The molecule has 1 aromatic carbocycles. The smallest absolute Gasteiger partial charge is 0.0612 e. The summed E-state index contributed by atoms with van der Waals surface area (Å²) >= 11 is 0. The Balaban J connectivity index is 0. The van der Waals surface area contributed by atoms with Crippen molar-refractivity contribution in [2.75, 3.05) is 0 Å². The highest BCUT2D eigenvalue weighted by Gasteiger charge is 1.96. The maximum Gasteiger partial charge on any atom is 0.0612 e. The van der Waals surface area contributed by atoms with Gasteiger partial charge >= 0.3 is 0 Å². The SMILES string of the molecule is C.C.CC(C)c1ccccc1.CC(C)c1cnccn1. The number of benzene rings is 1. The quantitative estimate of drug-likeness (QED) is 0.703. The first-order valence-corrected chi connectivity index (χ1v) is 6.42. The second kappa shape index (κ2) is 11.2. The van der Waals surface area contributed by atoms with Crippen LogP contribution in [-0.4, -0.2) is 9.97 Å². The van der Waals surface area contributed by atoms with E-state index in [0.29, 0.717) is 11.8 Å². The van der Waals surface area contributed by atoms with Crippen molar-refractivity contribution < 1.29 is 0 Å². The Kier molecular flexibility index (Phi) is 11.5. The third kappa shape index (κ3) is 7.67. The highest BCUT2D eigenvalue weighted by molar-refractivity contribution is 5.17. The molecule has 0 aliphatic carbocycles. The Hall–Kier alpha value is -1.70. The van der Waals surface area contributed by atoms with Gasteiger partial charge in [-0.1, -0.05) is 72.9 Å².